The molecule has 6 nitrogen and oxygen atoms in total. The van der Waals surface area contributed by atoms with Gasteiger partial charge in [0.05, 0.1) is 6.54 Å². The summed E-state index contributed by atoms with van der Waals surface area (Å²) in [5.74, 6) is 0.303. The standard InChI is InChI=1S/C25H31N3O3/c1-17(2)24(29)27-23(15-19-16-26-22-8-6-5-7-21(19)22)25(30)28(4)13-14-31-20-11-9-18(3)10-12-20/h5-12,16-17,23,26H,13-15H2,1-4H3,(H,27,29). The van der Waals surface area contributed by atoms with E-state index in [0.29, 0.717) is 19.6 Å². The number of para-hydroxylation sites is 1. The summed E-state index contributed by atoms with van der Waals surface area (Å²) in [6, 6.07) is 15.1. The first-order chi connectivity index (χ1) is 14.8. The summed E-state index contributed by atoms with van der Waals surface area (Å²) in [4.78, 5) is 30.4. The molecule has 2 amide bonds. The molecule has 0 saturated carbocycles. The molecule has 0 saturated heterocycles. The number of benzene rings is 2. The highest BCUT2D eigenvalue weighted by atomic mass is 16.5. The van der Waals surface area contributed by atoms with E-state index in [1.807, 2.05) is 75.5 Å². The van der Waals surface area contributed by atoms with Crippen molar-refractivity contribution in [2.45, 2.75) is 33.2 Å². The maximum Gasteiger partial charge on any atom is 0.245 e. The second-order valence-electron chi connectivity index (χ2n) is 8.20. The SMILES string of the molecule is Cc1ccc(OCCN(C)C(=O)C(Cc2c[nH]c3ccccc23)NC(=O)C(C)C)cc1. The molecule has 1 heterocycles. The predicted octanol–water partition coefficient (Wildman–Crippen LogP) is 3.70. The van der Waals surface area contributed by atoms with Gasteiger partial charge in [0.2, 0.25) is 11.8 Å². The molecule has 1 unspecified atom stereocenters. The number of H-pyrrole nitrogens is 1. The van der Waals surface area contributed by atoms with Gasteiger partial charge in [-0.05, 0) is 30.7 Å². The Hall–Kier alpha value is -3.28. The summed E-state index contributed by atoms with van der Waals surface area (Å²) in [6.45, 7) is 6.47. The third-order valence-electron chi connectivity index (χ3n) is 5.33. The lowest BCUT2D eigenvalue weighted by Crippen LogP contribution is -2.50. The molecule has 0 aliphatic rings. The molecule has 164 valence electrons. The molecular formula is C25H31N3O3. The molecule has 0 aliphatic heterocycles. The summed E-state index contributed by atoms with van der Waals surface area (Å²) in [5.41, 5.74) is 3.18. The Kier molecular flexibility index (Phi) is 7.34. The van der Waals surface area contributed by atoms with E-state index < -0.39 is 6.04 Å². The first kappa shape index (κ1) is 22.4. The number of aromatic nitrogens is 1. The number of nitrogens with zero attached hydrogens (tertiary/aromatic N) is 1. The summed E-state index contributed by atoms with van der Waals surface area (Å²) < 4.78 is 5.76. The smallest absolute Gasteiger partial charge is 0.245 e. The monoisotopic (exact) mass is 421 g/mol. The quantitative estimate of drug-likeness (QED) is 0.553. The van der Waals surface area contributed by atoms with Gasteiger partial charge in [0.1, 0.15) is 18.4 Å². The van der Waals surface area contributed by atoms with E-state index in [1.165, 1.54) is 5.56 Å². The summed E-state index contributed by atoms with van der Waals surface area (Å²) in [5, 5.41) is 3.99. The molecule has 3 aromatic rings. The van der Waals surface area contributed by atoms with Gasteiger partial charge in [-0.1, -0.05) is 49.7 Å². The Morgan fingerprint density at radius 1 is 1.10 bits per heavy atom. The fourth-order valence-corrected chi connectivity index (χ4v) is 3.37. The number of hydrogen-bond acceptors (Lipinski definition) is 3. The third-order valence-corrected chi connectivity index (χ3v) is 5.33. The van der Waals surface area contributed by atoms with Crippen LogP contribution >= 0.6 is 0 Å². The Balaban J connectivity index is 1.67. The van der Waals surface area contributed by atoms with Crippen LogP contribution in [0.25, 0.3) is 10.9 Å². The fourth-order valence-electron chi connectivity index (χ4n) is 3.37. The average molecular weight is 422 g/mol. The molecule has 2 N–H and O–H groups in total. The number of carbonyl (C=O) groups is 2. The van der Waals surface area contributed by atoms with Crippen molar-refractivity contribution in [2.24, 2.45) is 5.92 Å². The molecular weight excluding hydrogens is 390 g/mol. The maximum absolute atomic E-state index is 13.2. The number of aromatic amines is 1. The molecule has 6 heteroatoms. The van der Waals surface area contributed by atoms with E-state index in [9.17, 15) is 9.59 Å². The van der Waals surface area contributed by atoms with Gasteiger partial charge in [0, 0.05) is 36.5 Å². The normalized spacial score (nSPS) is 12.0. The van der Waals surface area contributed by atoms with Crippen molar-refractivity contribution < 1.29 is 14.3 Å². The van der Waals surface area contributed by atoms with Crippen LogP contribution in [-0.4, -0.2) is 47.9 Å². The molecule has 31 heavy (non-hydrogen) atoms. The van der Waals surface area contributed by atoms with Crippen LogP contribution in [0.4, 0.5) is 0 Å². The van der Waals surface area contributed by atoms with Crippen molar-refractivity contribution in [3.63, 3.8) is 0 Å². The molecule has 0 bridgehead atoms. The number of nitrogens with one attached hydrogen (secondary N) is 2. The number of fused-ring (bicyclic) bond motifs is 1. The Morgan fingerprint density at radius 3 is 2.52 bits per heavy atom. The largest absolute Gasteiger partial charge is 0.492 e. The minimum atomic E-state index is -0.640. The lowest BCUT2D eigenvalue weighted by Gasteiger charge is -2.25. The van der Waals surface area contributed by atoms with Gasteiger partial charge >= 0.3 is 0 Å². The number of ether oxygens (including phenoxy) is 1. The number of aryl methyl sites for hydroxylation is 1. The highest BCUT2D eigenvalue weighted by Gasteiger charge is 2.26. The topological polar surface area (TPSA) is 74.4 Å². The van der Waals surface area contributed by atoms with Crippen molar-refractivity contribution >= 4 is 22.7 Å². The van der Waals surface area contributed by atoms with Gasteiger partial charge in [-0.15, -0.1) is 0 Å². The molecule has 0 fully saturated rings. The summed E-state index contributed by atoms with van der Waals surface area (Å²) in [7, 11) is 1.74. The van der Waals surface area contributed by atoms with Crippen LogP contribution in [0.15, 0.2) is 54.7 Å². The second-order valence-corrected chi connectivity index (χ2v) is 8.20. The molecule has 2 aromatic carbocycles. The van der Waals surface area contributed by atoms with Crippen LogP contribution in [0.1, 0.15) is 25.0 Å². The Labute approximate surface area is 183 Å². The lowest BCUT2D eigenvalue weighted by atomic mass is 10.0. The minimum Gasteiger partial charge on any atom is -0.492 e. The molecule has 1 aromatic heterocycles. The van der Waals surface area contributed by atoms with Crippen LogP contribution in [0.3, 0.4) is 0 Å². The number of rotatable bonds is 9. The summed E-state index contributed by atoms with van der Waals surface area (Å²) >= 11 is 0. The first-order valence-electron chi connectivity index (χ1n) is 10.6. The van der Waals surface area contributed by atoms with Gasteiger partial charge in [-0.2, -0.15) is 0 Å². The maximum atomic E-state index is 13.2. The highest BCUT2D eigenvalue weighted by molar-refractivity contribution is 5.90. The van der Waals surface area contributed by atoms with Gasteiger partial charge in [0.15, 0.2) is 0 Å². The van der Waals surface area contributed by atoms with Crippen LogP contribution in [0, 0.1) is 12.8 Å². The van der Waals surface area contributed by atoms with E-state index in [0.717, 1.165) is 22.2 Å². The third kappa shape index (κ3) is 5.87. The van der Waals surface area contributed by atoms with E-state index in [-0.39, 0.29) is 17.7 Å². The molecule has 1 atom stereocenters. The first-order valence-corrected chi connectivity index (χ1v) is 10.6. The van der Waals surface area contributed by atoms with Crippen molar-refractivity contribution in [3.05, 3.63) is 65.9 Å². The zero-order chi connectivity index (χ0) is 22.4. The van der Waals surface area contributed by atoms with Gasteiger partial charge in [-0.3, -0.25) is 9.59 Å². The summed E-state index contributed by atoms with van der Waals surface area (Å²) in [6.07, 6.45) is 2.33. The lowest BCUT2D eigenvalue weighted by molar-refractivity contribution is -0.136. The van der Waals surface area contributed by atoms with Crippen molar-refractivity contribution in [1.29, 1.82) is 0 Å². The van der Waals surface area contributed by atoms with E-state index in [2.05, 4.69) is 10.3 Å². The van der Waals surface area contributed by atoms with Crippen molar-refractivity contribution in [3.8, 4) is 5.75 Å². The molecule has 3 rings (SSSR count). The van der Waals surface area contributed by atoms with Crippen molar-refractivity contribution in [2.75, 3.05) is 20.2 Å². The number of amides is 2. The van der Waals surface area contributed by atoms with Gasteiger partial charge in [-0.25, -0.2) is 0 Å². The van der Waals surface area contributed by atoms with Crippen LogP contribution in [-0.2, 0) is 16.0 Å². The van der Waals surface area contributed by atoms with E-state index >= 15 is 0 Å². The van der Waals surface area contributed by atoms with Crippen molar-refractivity contribution in [1.82, 2.24) is 15.2 Å². The minimum absolute atomic E-state index is 0.133. The predicted molar refractivity (Wildman–Crippen MR) is 123 cm³/mol. The molecule has 0 spiro atoms. The highest BCUT2D eigenvalue weighted by Crippen LogP contribution is 2.20. The van der Waals surface area contributed by atoms with E-state index in [1.54, 1.807) is 11.9 Å². The number of likely N-dealkylation sites (N-methyl/N-ethyl adjacent to an activating group) is 1. The van der Waals surface area contributed by atoms with Crippen LogP contribution in [0.5, 0.6) is 5.75 Å². The molecule has 0 radical (unpaired) electrons. The number of hydrogen-bond donors (Lipinski definition) is 2. The molecule has 0 aliphatic carbocycles. The van der Waals surface area contributed by atoms with Gasteiger partial charge in [0.25, 0.3) is 0 Å². The Morgan fingerprint density at radius 2 is 1.81 bits per heavy atom. The second kappa shape index (κ2) is 10.2. The van der Waals surface area contributed by atoms with E-state index in [4.69, 9.17) is 4.74 Å². The van der Waals surface area contributed by atoms with Gasteiger partial charge < -0.3 is 19.9 Å². The Bertz CT molecular complexity index is 1020. The fraction of sp³-hybridized carbons (Fsp3) is 0.360. The van der Waals surface area contributed by atoms with Crippen LogP contribution < -0.4 is 10.1 Å². The van der Waals surface area contributed by atoms with Crippen LogP contribution in [0.2, 0.25) is 0 Å². The number of carbonyl (C=O) groups excluding carboxylic acids is 2. The zero-order valence-electron chi connectivity index (χ0n) is 18.6. The zero-order valence-corrected chi connectivity index (χ0v) is 18.6. The average Bonchev–Trinajstić information content (AvgIpc) is 3.16.